The van der Waals surface area contributed by atoms with Crippen molar-refractivity contribution in [3.05, 3.63) is 45.9 Å². The van der Waals surface area contributed by atoms with Gasteiger partial charge in [-0.3, -0.25) is 0 Å². The van der Waals surface area contributed by atoms with E-state index >= 15 is 0 Å². The van der Waals surface area contributed by atoms with Crippen LogP contribution in [0.15, 0.2) is 30.3 Å². The summed E-state index contributed by atoms with van der Waals surface area (Å²) in [7, 11) is 0. The Morgan fingerprint density at radius 2 is 1.95 bits per heavy atom. The molecule has 0 saturated carbocycles. The molecule has 0 radical (unpaired) electrons. The number of aromatic nitrogens is 2. The van der Waals surface area contributed by atoms with Crippen molar-refractivity contribution in [3.63, 3.8) is 0 Å². The Bertz CT molecular complexity index is 513. The summed E-state index contributed by atoms with van der Waals surface area (Å²) >= 11 is 1.61. The highest BCUT2D eigenvalue weighted by molar-refractivity contribution is 7.11. The highest BCUT2D eigenvalue weighted by Crippen LogP contribution is 2.25. The number of nitrogens with one attached hydrogen (secondary N) is 1. The van der Waals surface area contributed by atoms with Gasteiger partial charge in [-0.15, -0.1) is 10.2 Å². The van der Waals surface area contributed by atoms with Gasteiger partial charge in [0.2, 0.25) is 0 Å². The van der Waals surface area contributed by atoms with Crippen molar-refractivity contribution in [1.29, 1.82) is 0 Å². The maximum Gasteiger partial charge on any atom is 0.143 e. The molecule has 0 aliphatic carbocycles. The van der Waals surface area contributed by atoms with Gasteiger partial charge in [0, 0.05) is 0 Å². The zero-order chi connectivity index (χ0) is 14.4. The Balaban J connectivity index is 2.14. The molecule has 4 nitrogen and oxygen atoms in total. The van der Waals surface area contributed by atoms with E-state index in [1.54, 1.807) is 11.3 Å². The van der Waals surface area contributed by atoms with Gasteiger partial charge in [0.05, 0.1) is 12.1 Å². The summed E-state index contributed by atoms with van der Waals surface area (Å²) < 4.78 is 5.57. The first-order valence-electron chi connectivity index (χ1n) is 6.93. The normalized spacial score (nSPS) is 12.8. The molecule has 1 heterocycles. The number of benzene rings is 1. The standard InChI is InChI=1S/C15H21N3OS/c1-4-16-14(12-8-6-5-7-9-12)15-18-17-13(20-15)10-19-11(2)3/h5-9,11,14,16H,4,10H2,1-3H3. The molecule has 1 aromatic carbocycles. The van der Waals surface area contributed by atoms with Crippen LogP contribution in [0.4, 0.5) is 0 Å². The van der Waals surface area contributed by atoms with Crippen LogP contribution in [0.25, 0.3) is 0 Å². The topological polar surface area (TPSA) is 47.0 Å². The van der Waals surface area contributed by atoms with Crippen molar-refractivity contribution in [1.82, 2.24) is 15.5 Å². The average molecular weight is 291 g/mol. The van der Waals surface area contributed by atoms with Crippen molar-refractivity contribution >= 4 is 11.3 Å². The summed E-state index contributed by atoms with van der Waals surface area (Å²) in [6.07, 6.45) is 0.209. The number of hydrogen-bond acceptors (Lipinski definition) is 5. The maximum absolute atomic E-state index is 5.57. The minimum absolute atomic E-state index is 0.103. The van der Waals surface area contributed by atoms with E-state index in [4.69, 9.17) is 4.74 Å². The van der Waals surface area contributed by atoms with E-state index in [-0.39, 0.29) is 12.1 Å². The fourth-order valence-corrected chi connectivity index (χ4v) is 2.75. The molecular formula is C15H21N3OS. The number of nitrogens with zero attached hydrogens (tertiary/aromatic N) is 2. The Kier molecular flexibility index (Phi) is 5.64. The summed E-state index contributed by atoms with van der Waals surface area (Å²) in [5, 5.41) is 13.9. The summed E-state index contributed by atoms with van der Waals surface area (Å²) in [4.78, 5) is 0. The Labute approximate surface area is 124 Å². The first-order valence-corrected chi connectivity index (χ1v) is 7.74. The fourth-order valence-electron chi connectivity index (χ4n) is 1.88. The third kappa shape index (κ3) is 4.10. The molecule has 0 amide bonds. The van der Waals surface area contributed by atoms with Gasteiger partial charge in [-0.1, -0.05) is 48.6 Å². The Morgan fingerprint density at radius 1 is 1.20 bits per heavy atom. The predicted octanol–water partition coefficient (Wildman–Crippen LogP) is 3.16. The van der Waals surface area contributed by atoms with E-state index in [1.807, 2.05) is 32.0 Å². The lowest BCUT2D eigenvalue weighted by molar-refractivity contribution is 0.0652. The summed E-state index contributed by atoms with van der Waals surface area (Å²) in [6, 6.07) is 10.4. The second-order valence-electron chi connectivity index (χ2n) is 4.80. The zero-order valence-corrected chi connectivity index (χ0v) is 13.0. The third-order valence-corrected chi connectivity index (χ3v) is 3.77. The molecule has 1 unspecified atom stereocenters. The lowest BCUT2D eigenvalue weighted by Gasteiger charge is -2.14. The van der Waals surface area contributed by atoms with Crippen molar-refractivity contribution in [3.8, 4) is 0 Å². The van der Waals surface area contributed by atoms with Crippen LogP contribution in [0.1, 0.15) is 42.4 Å². The fraction of sp³-hybridized carbons (Fsp3) is 0.467. The summed E-state index contributed by atoms with van der Waals surface area (Å²) in [5.41, 5.74) is 1.21. The van der Waals surface area contributed by atoms with Gasteiger partial charge in [0.1, 0.15) is 16.6 Å². The Morgan fingerprint density at radius 3 is 2.60 bits per heavy atom. The molecule has 108 valence electrons. The minimum atomic E-state index is 0.103. The van der Waals surface area contributed by atoms with Crippen LogP contribution < -0.4 is 5.32 Å². The van der Waals surface area contributed by atoms with Gasteiger partial charge >= 0.3 is 0 Å². The minimum Gasteiger partial charge on any atom is -0.372 e. The second-order valence-corrected chi connectivity index (χ2v) is 5.89. The molecule has 0 saturated heterocycles. The smallest absolute Gasteiger partial charge is 0.143 e. The quantitative estimate of drug-likeness (QED) is 0.851. The molecule has 1 N–H and O–H groups in total. The van der Waals surface area contributed by atoms with Crippen molar-refractivity contribution in [2.24, 2.45) is 0 Å². The van der Waals surface area contributed by atoms with Gasteiger partial charge < -0.3 is 10.1 Å². The molecule has 0 spiro atoms. The lowest BCUT2D eigenvalue weighted by Crippen LogP contribution is -2.21. The van der Waals surface area contributed by atoms with Crippen LogP contribution in [-0.4, -0.2) is 22.8 Å². The summed E-state index contributed by atoms with van der Waals surface area (Å²) in [5.74, 6) is 0. The SMILES string of the molecule is CCNC(c1ccccc1)c1nnc(COC(C)C)s1. The Hall–Kier alpha value is -1.30. The van der Waals surface area contributed by atoms with E-state index in [0.717, 1.165) is 16.6 Å². The molecule has 0 aliphatic heterocycles. The van der Waals surface area contributed by atoms with E-state index in [9.17, 15) is 0 Å². The van der Waals surface area contributed by atoms with E-state index in [2.05, 4.69) is 34.6 Å². The molecule has 2 aromatic rings. The first-order chi connectivity index (χ1) is 9.70. The van der Waals surface area contributed by atoms with Crippen LogP contribution in [0.5, 0.6) is 0 Å². The van der Waals surface area contributed by atoms with E-state index in [1.165, 1.54) is 5.56 Å². The predicted molar refractivity (Wildman–Crippen MR) is 81.8 cm³/mol. The number of rotatable bonds is 7. The van der Waals surface area contributed by atoms with Crippen LogP contribution >= 0.6 is 11.3 Å². The van der Waals surface area contributed by atoms with Gasteiger partial charge in [-0.2, -0.15) is 0 Å². The van der Waals surface area contributed by atoms with E-state index in [0.29, 0.717) is 6.61 Å². The maximum atomic E-state index is 5.57. The molecule has 2 rings (SSSR count). The van der Waals surface area contributed by atoms with Gasteiger partial charge in [-0.05, 0) is 26.0 Å². The van der Waals surface area contributed by atoms with Crippen LogP contribution in [0, 0.1) is 0 Å². The molecule has 20 heavy (non-hydrogen) atoms. The number of ether oxygens (including phenoxy) is 1. The molecule has 5 heteroatoms. The molecule has 0 aliphatic rings. The molecule has 0 fully saturated rings. The van der Waals surface area contributed by atoms with Gasteiger partial charge in [0.15, 0.2) is 0 Å². The molecule has 0 bridgehead atoms. The molecule has 1 aromatic heterocycles. The molecular weight excluding hydrogens is 270 g/mol. The van der Waals surface area contributed by atoms with Crippen molar-refractivity contribution in [2.75, 3.05) is 6.54 Å². The first kappa shape index (κ1) is 15.1. The number of hydrogen-bond donors (Lipinski definition) is 1. The van der Waals surface area contributed by atoms with Gasteiger partial charge in [-0.25, -0.2) is 0 Å². The van der Waals surface area contributed by atoms with Crippen molar-refractivity contribution < 1.29 is 4.74 Å². The lowest BCUT2D eigenvalue weighted by atomic mass is 10.1. The molecule has 1 atom stereocenters. The van der Waals surface area contributed by atoms with E-state index < -0.39 is 0 Å². The van der Waals surface area contributed by atoms with Gasteiger partial charge in [0.25, 0.3) is 0 Å². The van der Waals surface area contributed by atoms with Crippen molar-refractivity contribution in [2.45, 2.75) is 39.5 Å². The monoisotopic (exact) mass is 291 g/mol. The van der Waals surface area contributed by atoms with Crippen LogP contribution in [-0.2, 0) is 11.3 Å². The average Bonchev–Trinajstić information content (AvgIpc) is 2.92. The third-order valence-electron chi connectivity index (χ3n) is 2.81. The second kappa shape index (κ2) is 7.47. The summed E-state index contributed by atoms with van der Waals surface area (Å²) in [6.45, 7) is 7.56. The highest BCUT2D eigenvalue weighted by Gasteiger charge is 2.17. The largest absolute Gasteiger partial charge is 0.372 e. The van der Waals surface area contributed by atoms with Crippen LogP contribution in [0.2, 0.25) is 0 Å². The highest BCUT2D eigenvalue weighted by atomic mass is 32.1. The zero-order valence-electron chi connectivity index (χ0n) is 12.2. The van der Waals surface area contributed by atoms with Crippen LogP contribution in [0.3, 0.4) is 0 Å².